The number of fused-ring (bicyclic) bond motifs is 1. The van der Waals surface area contributed by atoms with Gasteiger partial charge in [0.05, 0.1) is 15.3 Å². The molecule has 0 spiro atoms. The number of hydrogen-bond acceptors (Lipinski definition) is 6. The molecule has 2 amide bonds. The molecule has 5 rings (SSSR count). The number of hydrogen-bond donors (Lipinski definition) is 2. The van der Waals surface area contributed by atoms with E-state index in [0.29, 0.717) is 4.91 Å². The molecule has 2 aromatic carbocycles. The standard InChI is InChI=1S/C25H14N2O3S2/c28-17-3-1-2-15(12-17)4-6-18-7-9-22(31-18)19-10-11-26-21-8-5-16(13-20(19)21)14-23-24(29)27-25(30)32-23/h1-3,5,7-14,28H,(H,27,29,30). The Bertz CT molecular complexity index is 1490. The highest BCUT2D eigenvalue weighted by atomic mass is 32.2. The van der Waals surface area contributed by atoms with Crippen LogP contribution in [0.3, 0.4) is 0 Å². The number of thiophene rings is 1. The minimum absolute atomic E-state index is 0.190. The molecule has 1 aliphatic rings. The molecule has 3 heterocycles. The number of aromatic nitrogens is 1. The normalized spacial score (nSPS) is 14.4. The first kappa shape index (κ1) is 20.1. The third-order valence-corrected chi connectivity index (χ3v) is 6.60. The number of imide groups is 1. The molecule has 0 aliphatic carbocycles. The lowest BCUT2D eigenvalue weighted by molar-refractivity contribution is -0.115. The van der Waals surface area contributed by atoms with Crippen LogP contribution in [0.15, 0.2) is 71.8 Å². The summed E-state index contributed by atoms with van der Waals surface area (Å²) in [7, 11) is 0. The average molecular weight is 455 g/mol. The average Bonchev–Trinajstić information content (AvgIpc) is 3.38. The fourth-order valence-corrected chi connectivity index (χ4v) is 4.89. The monoisotopic (exact) mass is 454 g/mol. The van der Waals surface area contributed by atoms with Crippen LogP contribution in [0.1, 0.15) is 16.0 Å². The van der Waals surface area contributed by atoms with Crippen molar-refractivity contribution in [2.24, 2.45) is 0 Å². The van der Waals surface area contributed by atoms with Crippen molar-refractivity contribution < 1.29 is 14.7 Å². The maximum absolute atomic E-state index is 11.9. The number of thioether (sulfide) groups is 1. The van der Waals surface area contributed by atoms with E-state index in [0.717, 1.165) is 49.1 Å². The second-order valence-electron chi connectivity index (χ2n) is 6.95. The second-order valence-corrected chi connectivity index (χ2v) is 9.05. The highest BCUT2D eigenvalue weighted by molar-refractivity contribution is 8.18. The van der Waals surface area contributed by atoms with Crippen LogP contribution in [0.25, 0.3) is 27.4 Å². The number of carbonyl (C=O) groups excluding carboxylic acids is 2. The highest BCUT2D eigenvalue weighted by Gasteiger charge is 2.25. The third kappa shape index (κ3) is 4.14. The molecule has 1 saturated heterocycles. The summed E-state index contributed by atoms with van der Waals surface area (Å²) in [4.78, 5) is 30.1. The van der Waals surface area contributed by atoms with Gasteiger partial charge >= 0.3 is 0 Å². The van der Waals surface area contributed by atoms with Gasteiger partial charge in [0.15, 0.2) is 0 Å². The van der Waals surface area contributed by atoms with Crippen LogP contribution in [-0.2, 0) is 4.79 Å². The van der Waals surface area contributed by atoms with Crippen LogP contribution in [0, 0.1) is 11.8 Å². The first-order valence-corrected chi connectivity index (χ1v) is 11.2. The summed E-state index contributed by atoms with van der Waals surface area (Å²) in [5, 5.41) is 12.4. The van der Waals surface area contributed by atoms with E-state index in [1.54, 1.807) is 41.8 Å². The smallest absolute Gasteiger partial charge is 0.290 e. The predicted molar refractivity (Wildman–Crippen MR) is 128 cm³/mol. The van der Waals surface area contributed by atoms with Gasteiger partial charge < -0.3 is 5.11 Å². The van der Waals surface area contributed by atoms with E-state index in [9.17, 15) is 14.7 Å². The van der Waals surface area contributed by atoms with Crippen molar-refractivity contribution in [2.45, 2.75) is 0 Å². The van der Waals surface area contributed by atoms with E-state index in [1.807, 2.05) is 42.5 Å². The van der Waals surface area contributed by atoms with E-state index >= 15 is 0 Å². The number of rotatable bonds is 2. The van der Waals surface area contributed by atoms with Crippen LogP contribution in [-0.4, -0.2) is 21.2 Å². The number of phenolic OH excluding ortho intramolecular Hbond substituents is 1. The Balaban J connectivity index is 1.50. The van der Waals surface area contributed by atoms with Crippen molar-refractivity contribution >= 4 is 51.2 Å². The molecule has 154 valence electrons. The first-order chi connectivity index (χ1) is 15.5. The van der Waals surface area contributed by atoms with E-state index in [2.05, 4.69) is 22.1 Å². The molecule has 0 radical (unpaired) electrons. The van der Waals surface area contributed by atoms with Crippen molar-refractivity contribution in [3.8, 4) is 28.0 Å². The zero-order valence-electron chi connectivity index (χ0n) is 16.5. The number of carbonyl (C=O) groups is 2. The molecular formula is C25H14N2O3S2. The van der Waals surface area contributed by atoms with Crippen LogP contribution < -0.4 is 5.32 Å². The molecule has 0 bridgehead atoms. The fourth-order valence-electron chi connectivity index (χ4n) is 3.31. The molecule has 0 atom stereocenters. The molecule has 0 saturated carbocycles. The Morgan fingerprint density at radius 3 is 2.72 bits per heavy atom. The SMILES string of the molecule is O=C1NC(=O)C(=Cc2ccc3nccc(-c4ccc(C#Cc5cccc(O)c5)s4)c3c2)S1. The molecule has 2 N–H and O–H groups in total. The second kappa shape index (κ2) is 8.35. The Morgan fingerprint density at radius 1 is 1.00 bits per heavy atom. The molecular weight excluding hydrogens is 440 g/mol. The summed E-state index contributed by atoms with van der Waals surface area (Å²) in [6.07, 6.45) is 3.48. The van der Waals surface area contributed by atoms with Gasteiger partial charge in [0, 0.05) is 27.6 Å². The van der Waals surface area contributed by atoms with Crippen LogP contribution in [0.2, 0.25) is 0 Å². The molecule has 7 heteroatoms. The predicted octanol–water partition coefficient (Wildman–Crippen LogP) is 5.39. The summed E-state index contributed by atoms with van der Waals surface area (Å²) in [5.41, 5.74) is 3.43. The minimum Gasteiger partial charge on any atom is -0.508 e. The van der Waals surface area contributed by atoms with Gasteiger partial charge in [-0.25, -0.2) is 0 Å². The number of phenols is 1. The maximum atomic E-state index is 11.9. The Hall–Kier alpha value is -3.86. The van der Waals surface area contributed by atoms with Crippen LogP contribution in [0.5, 0.6) is 5.75 Å². The highest BCUT2D eigenvalue weighted by Crippen LogP contribution is 2.34. The van der Waals surface area contributed by atoms with Gasteiger partial charge in [-0.1, -0.05) is 24.0 Å². The summed E-state index contributed by atoms with van der Waals surface area (Å²) in [5.74, 6) is 6.04. The van der Waals surface area contributed by atoms with Crippen molar-refractivity contribution in [1.82, 2.24) is 10.3 Å². The number of nitrogens with zero attached hydrogens (tertiary/aromatic N) is 1. The summed E-state index contributed by atoms with van der Waals surface area (Å²) in [6, 6.07) is 18.6. The lowest BCUT2D eigenvalue weighted by Gasteiger charge is -2.05. The molecule has 32 heavy (non-hydrogen) atoms. The lowest BCUT2D eigenvalue weighted by Crippen LogP contribution is -2.17. The number of aromatic hydroxyl groups is 1. The Labute approximate surface area is 191 Å². The van der Waals surface area contributed by atoms with Crippen LogP contribution in [0.4, 0.5) is 4.79 Å². The van der Waals surface area contributed by atoms with Gasteiger partial charge in [-0.2, -0.15) is 0 Å². The van der Waals surface area contributed by atoms with Gasteiger partial charge in [0.1, 0.15) is 5.75 Å². The van der Waals surface area contributed by atoms with Gasteiger partial charge in [-0.05, 0) is 71.9 Å². The van der Waals surface area contributed by atoms with E-state index in [1.165, 1.54) is 0 Å². The zero-order valence-corrected chi connectivity index (χ0v) is 18.1. The quantitative estimate of drug-likeness (QED) is 0.313. The minimum atomic E-state index is -0.375. The molecule has 1 fully saturated rings. The molecule has 5 nitrogen and oxygen atoms in total. The summed E-state index contributed by atoms with van der Waals surface area (Å²) >= 11 is 2.47. The maximum Gasteiger partial charge on any atom is 0.290 e. The number of amides is 2. The Morgan fingerprint density at radius 2 is 1.91 bits per heavy atom. The topological polar surface area (TPSA) is 79.3 Å². The number of benzene rings is 2. The van der Waals surface area contributed by atoms with Gasteiger partial charge in [-0.15, -0.1) is 11.3 Å². The van der Waals surface area contributed by atoms with Crippen LogP contribution >= 0.6 is 23.1 Å². The zero-order chi connectivity index (χ0) is 22.1. The molecule has 1 aliphatic heterocycles. The molecule has 2 aromatic heterocycles. The van der Waals surface area contributed by atoms with Gasteiger partial charge in [-0.3, -0.25) is 19.9 Å². The number of nitrogens with one attached hydrogen (secondary N) is 1. The van der Waals surface area contributed by atoms with Gasteiger partial charge in [0.25, 0.3) is 11.1 Å². The van der Waals surface area contributed by atoms with Crippen molar-refractivity contribution in [3.63, 3.8) is 0 Å². The number of pyridine rings is 1. The Kier molecular flexibility index (Phi) is 5.23. The molecule has 4 aromatic rings. The van der Waals surface area contributed by atoms with E-state index in [-0.39, 0.29) is 16.9 Å². The molecule has 0 unspecified atom stereocenters. The van der Waals surface area contributed by atoms with E-state index in [4.69, 9.17) is 0 Å². The van der Waals surface area contributed by atoms with E-state index < -0.39 is 0 Å². The first-order valence-electron chi connectivity index (χ1n) is 9.60. The van der Waals surface area contributed by atoms with Crippen molar-refractivity contribution in [2.75, 3.05) is 0 Å². The van der Waals surface area contributed by atoms with Crippen molar-refractivity contribution in [1.29, 1.82) is 0 Å². The van der Waals surface area contributed by atoms with Gasteiger partial charge in [0.2, 0.25) is 0 Å². The largest absolute Gasteiger partial charge is 0.508 e. The summed E-state index contributed by atoms with van der Waals surface area (Å²) < 4.78 is 0. The van der Waals surface area contributed by atoms with Crippen molar-refractivity contribution in [3.05, 3.63) is 87.8 Å². The lowest BCUT2D eigenvalue weighted by atomic mass is 10.0. The third-order valence-electron chi connectivity index (χ3n) is 4.75. The fraction of sp³-hybridized carbons (Fsp3) is 0. The summed E-state index contributed by atoms with van der Waals surface area (Å²) in [6.45, 7) is 0.